The molecule has 1 aromatic heterocycles. The smallest absolute Gasteiger partial charge is 0.256 e. The number of carbonyl (C=O) groups is 1. The molecule has 0 aliphatic rings. The van der Waals surface area contributed by atoms with Crippen LogP contribution in [0.5, 0.6) is 0 Å². The number of nitrogens with one attached hydrogen (secondary N) is 1. The number of hydrogen-bond donors (Lipinski definition) is 2. The van der Waals surface area contributed by atoms with Gasteiger partial charge in [0.2, 0.25) is 0 Å². The van der Waals surface area contributed by atoms with E-state index in [1.807, 2.05) is 41.8 Å². The fraction of sp³-hybridized carbons (Fsp3) is 0.190. The summed E-state index contributed by atoms with van der Waals surface area (Å²) in [6.45, 7) is 2.10. The van der Waals surface area contributed by atoms with Crippen LogP contribution in [0.3, 0.4) is 0 Å². The third kappa shape index (κ3) is 4.76. The Morgan fingerprint density at radius 2 is 1.85 bits per heavy atom. The van der Waals surface area contributed by atoms with E-state index in [0.717, 1.165) is 29.5 Å². The maximum Gasteiger partial charge on any atom is 0.256 e. The molecule has 1 amide bonds. The Morgan fingerprint density at radius 1 is 1.15 bits per heavy atom. The highest BCUT2D eigenvalue weighted by Crippen LogP contribution is 2.36. The quantitative estimate of drug-likeness (QED) is 0.362. The summed E-state index contributed by atoms with van der Waals surface area (Å²) in [6, 6.07) is 15.0. The van der Waals surface area contributed by atoms with Crippen molar-refractivity contribution < 1.29 is 14.9 Å². The Morgan fingerprint density at radius 3 is 2.48 bits per heavy atom. The Balaban J connectivity index is 1.83. The monoisotopic (exact) mass is 401 g/mol. The molecule has 0 saturated heterocycles. The summed E-state index contributed by atoms with van der Waals surface area (Å²) in [5.41, 5.74) is 4.35. The molecular weight excluding hydrogens is 382 g/mol. The van der Waals surface area contributed by atoms with E-state index in [4.69, 9.17) is 16.9 Å². The lowest BCUT2D eigenvalue weighted by Crippen LogP contribution is -2.12. The van der Waals surface area contributed by atoms with Crippen molar-refractivity contribution in [3.05, 3.63) is 75.6 Å². The minimum Gasteiger partial charge on any atom is -0.313 e. The first-order valence-electron chi connectivity index (χ1n) is 8.65. The van der Waals surface area contributed by atoms with Crippen LogP contribution in [0.2, 0.25) is 5.02 Å². The van der Waals surface area contributed by atoms with Gasteiger partial charge in [-0.25, -0.2) is 4.89 Å². The van der Waals surface area contributed by atoms with Gasteiger partial charge >= 0.3 is 0 Å². The predicted octanol–water partition coefficient (Wildman–Crippen LogP) is 6.26. The molecule has 0 atom stereocenters. The lowest BCUT2D eigenvalue weighted by molar-refractivity contribution is -0.252. The number of anilines is 1. The summed E-state index contributed by atoms with van der Waals surface area (Å²) in [6.07, 6.45) is 2.06. The van der Waals surface area contributed by atoms with E-state index < -0.39 is 0 Å². The van der Waals surface area contributed by atoms with Crippen LogP contribution in [0.25, 0.3) is 11.1 Å². The number of aryl methyl sites for hydroxylation is 1. The Bertz CT molecular complexity index is 904. The number of thiophene rings is 1. The third-order valence-corrected chi connectivity index (χ3v) is 5.43. The molecule has 0 aliphatic carbocycles. The third-order valence-electron chi connectivity index (χ3n) is 4.24. The van der Waals surface area contributed by atoms with Gasteiger partial charge in [0.05, 0.1) is 0 Å². The molecule has 140 valence electrons. The van der Waals surface area contributed by atoms with Crippen molar-refractivity contribution in [2.75, 3.05) is 5.32 Å². The lowest BCUT2D eigenvalue weighted by atomic mass is 10.0. The van der Waals surface area contributed by atoms with Gasteiger partial charge < -0.3 is 5.32 Å². The number of rotatable bonds is 7. The van der Waals surface area contributed by atoms with Gasteiger partial charge in [-0.15, -0.1) is 11.3 Å². The van der Waals surface area contributed by atoms with Crippen LogP contribution in [0.15, 0.2) is 53.9 Å². The van der Waals surface area contributed by atoms with Crippen molar-refractivity contribution in [1.82, 2.24) is 0 Å². The maximum absolute atomic E-state index is 12.6. The van der Waals surface area contributed by atoms with Gasteiger partial charge in [-0.1, -0.05) is 49.2 Å². The van der Waals surface area contributed by atoms with Gasteiger partial charge in [0.15, 0.2) is 0 Å². The first-order chi connectivity index (χ1) is 13.1. The van der Waals surface area contributed by atoms with Crippen LogP contribution in [0.4, 0.5) is 5.00 Å². The van der Waals surface area contributed by atoms with E-state index in [9.17, 15) is 4.79 Å². The number of amides is 1. The molecular formula is C21H20ClNO3S. The molecule has 0 fully saturated rings. The van der Waals surface area contributed by atoms with Gasteiger partial charge in [-0.3, -0.25) is 10.1 Å². The summed E-state index contributed by atoms with van der Waals surface area (Å²) in [4.78, 5) is 17.0. The maximum atomic E-state index is 12.6. The minimum absolute atomic E-state index is 0.0213. The molecule has 0 aliphatic heterocycles. The summed E-state index contributed by atoms with van der Waals surface area (Å²) in [7, 11) is 0. The summed E-state index contributed by atoms with van der Waals surface area (Å²) in [5.74, 6) is -0.193. The molecule has 0 bridgehead atoms. The predicted molar refractivity (Wildman–Crippen MR) is 111 cm³/mol. The van der Waals surface area contributed by atoms with Crippen molar-refractivity contribution in [2.24, 2.45) is 0 Å². The van der Waals surface area contributed by atoms with Gasteiger partial charge in [0, 0.05) is 27.1 Å². The van der Waals surface area contributed by atoms with E-state index in [1.54, 1.807) is 12.1 Å². The van der Waals surface area contributed by atoms with Crippen molar-refractivity contribution in [3.8, 4) is 11.1 Å². The fourth-order valence-electron chi connectivity index (χ4n) is 2.85. The molecule has 1 heterocycles. The van der Waals surface area contributed by atoms with Crippen LogP contribution in [0, 0.1) is 0 Å². The van der Waals surface area contributed by atoms with Crippen molar-refractivity contribution >= 4 is 33.8 Å². The molecule has 3 aromatic rings. The number of benzene rings is 2. The molecule has 2 aromatic carbocycles. The van der Waals surface area contributed by atoms with Crippen LogP contribution in [-0.2, 0) is 17.9 Å². The second kappa shape index (κ2) is 9.15. The SMILES string of the molecule is CCCc1ccc(C(=O)Nc2scc(-c3ccc(Cl)cc3)c2COO)cc1. The Hall–Kier alpha value is -2.18. The van der Waals surface area contributed by atoms with Crippen molar-refractivity contribution in [2.45, 2.75) is 26.4 Å². The topological polar surface area (TPSA) is 58.6 Å². The second-order valence-corrected chi connectivity index (χ2v) is 7.45. The minimum atomic E-state index is -0.193. The standard InChI is InChI=1S/C21H20ClNO3S/c1-2-3-14-4-6-16(7-5-14)20(24)23-21-18(12-26-25)19(13-27-21)15-8-10-17(22)11-9-15/h4-11,13,25H,2-3,12H2,1H3,(H,23,24). The first-order valence-corrected chi connectivity index (χ1v) is 9.91. The van der Waals surface area contributed by atoms with Gasteiger partial charge in [0.25, 0.3) is 5.91 Å². The van der Waals surface area contributed by atoms with E-state index in [0.29, 0.717) is 15.6 Å². The van der Waals surface area contributed by atoms with Gasteiger partial charge in [-0.2, -0.15) is 0 Å². The Kier molecular flexibility index (Phi) is 6.63. The number of hydrogen-bond acceptors (Lipinski definition) is 4. The molecule has 0 saturated carbocycles. The largest absolute Gasteiger partial charge is 0.313 e. The molecule has 27 heavy (non-hydrogen) atoms. The van der Waals surface area contributed by atoms with Crippen molar-refractivity contribution in [1.29, 1.82) is 0 Å². The highest BCUT2D eigenvalue weighted by atomic mass is 35.5. The van der Waals surface area contributed by atoms with Crippen LogP contribution >= 0.6 is 22.9 Å². The fourth-order valence-corrected chi connectivity index (χ4v) is 3.96. The second-order valence-electron chi connectivity index (χ2n) is 6.14. The Labute approximate surface area is 167 Å². The average Bonchev–Trinajstić information content (AvgIpc) is 3.06. The van der Waals surface area contributed by atoms with Crippen LogP contribution in [0.1, 0.15) is 34.8 Å². The summed E-state index contributed by atoms with van der Waals surface area (Å²) in [5, 5.41) is 15.1. The van der Waals surface area contributed by atoms with E-state index in [-0.39, 0.29) is 12.5 Å². The zero-order valence-corrected chi connectivity index (χ0v) is 16.4. The summed E-state index contributed by atoms with van der Waals surface area (Å²) < 4.78 is 0. The normalized spacial score (nSPS) is 10.8. The molecule has 3 rings (SSSR count). The first kappa shape index (κ1) is 19.6. The summed E-state index contributed by atoms with van der Waals surface area (Å²) >= 11 is 7.35. The molecule has 0 unspecified atom stereocenters. The number of halogens is 1. The van der Waals surface area contributed by atoms with E-state index in [1.165, 1.54) is 16.9 Å². The molecule has 6 heteroatoms. The lowest BCUT2D eigenvalue weighted by Gasteiger charge is -2.09. The van der Waals surface area contributed by atoms with Crippen LogP contribution in [-0.4, -0.2) is 11.2 Å². The average molecular weight is 402 g/mol. The molecule has 0 spiro atoms. The highest BCUT2D eigenvalue weighted by Gasteiger charge is 2.16. The van der Waals surface area contributed by atoms with Gasteiger partial charge in [0.1, 0.15) is 11.6 Å². The molecule has 0 radical (unpaired) electrons. The number of carbonyl (C=O) groups excluding carboxylic acids is 1. The van der Waals surface area contributed by atoms with E-state index >= 15 is 0 Å². The highest BCUT2D eigenvalue weighted by molar-refractivity contribution is 7.15. The molecule has 2 N–H and O–H groups in total. The van der Waals surface area contributed by atoms with Crippen molar-refractivity contribution in [3.63, 3.8) is 0 Å². The zero-order chi connectivity index (χ0) is 19.2. The molecule has 4 nitrogen and oxygen atoms in total. The zero-order valence-electron chi connectivity index (χ0n) is 14.9. The van der Waals surface area contributed by atoms with Crippen LogP contribution < -0.4 is 5.32 Å². The van der Waals surface area contributed by atoms with E-state index in [2.05, 4.69) is 17.1 Å². The van der Waals surface area contributed by atoms with Gasteiger partial charge in [-0.05, 0) is 41.8 Å².